The van der Waals surface area contributed by atoms with Crippen LogP contribution in [0.5, 0.6) is 0 Å². The SMILES string of the molecule is Cc1ccc(-n2cccc2C(=O)NN)c(Cl)c1. The molecule has 3 N–H and O–H groups in total. The number of nitrogens with zero attached hydrogens (tertiary/aromatic N) is 1. The summed E-state index contributed by atoms with van der Waals surface area (Å²) in [6.07, 6.45) is 1.76. The van der Waals surface area contributed by atoms with Crippen molar-refractivity contribution in [3.8, 4) is 5.69 Å². The van der Waals surface area contributed by atoms with Gasteiger partial charge < -0.3 is 4.57 Å². The molecule has 0 aliphatic heterocycles. The van der Waals surface area contributed by atoms with Crippen LogP contribution in [0.4, 0.5) is 0 Å². The highest BCUT2D eigenvalue weighted by Crippen LogP contribution is 2.23. The van der Waals surface area contributed by atoms with E-state index in [4.69, 9.17) is 17.4 Å². The highest BCUT2D eigenvalue weighted by atomic mass is 35.5. The molecule has 4 nitrogen and oxygen atoms in total. The van der Waals surface area contributed by atoms with E-state index in [0.29, 0.717) is 10.7 Å². The van der Waals surface area contributed by atoms with Gasteiger partial charge in [0.15, 0.2) is 0 Å². The number of nitrogens with one attached hydrogen (secondary N) is 1. The zero-order valence-electron chi connectivity index (χ0n) is 9.27. The minimum Gasteiger partial charge on any atom is -0.311 e. The average Bonchev–Trinajstić information content (AvgIpc) is 2.77. The number of hydrogen-bond donors (Lipinski definition) is 2. The van der Waals surface area contributed by atoms with Gasteiger partial charge in [0.2, 0.25) is 0 Å². The van der Waals surface area contributed by atoms with Gasteiger partial charge in [0, 0.05) is 6.20 Å². The summed E-state index contributed by atoms with van der Waals surface area (Å²) < 4.78 is 1.70. The molecule has 0 radical (unpaired) electrons. The Balaban J connectivity index is 2.53. The molecule has 2 aromatic rings. The molecule has 0 saturated carbocycles. The first-order valence-electron chi connectivity index (χ1n) is 5.08. The van der Waals surface area contributed by atoms with Gasteiger partial charge in [-0.05, 0) is 36.8 Å². The minimum absolute atomic E-state index is 0.355. The number of carbonyl (C=O) groups excluding carboxylic acids is 1. The van der Waals surface area contributed by atoms with Crippen molar-refractivity contribution in [1.82, 2.24) is 9.99 Å². The number of nitrogen functional groups attached to an aromatic ring is 1. The summed E-state index contributed by atoms with van der Waals surface area (Å²) in [6, 6.07) is 9.09. The second kappa shape index (κ2) is 4.61. The van der Waals surface area contributed by atoms with Crippen LogP contribution in [0.25, 0.3) is 5.69 Å². The standard InChI is InChI=1S/C12H12ClN3O/c1-8-4-5-10(9(13)7-8)16-6-2-3-11(16)12(17)15-14/h2-7H,14H2,1H3,(H,15,17). The number of benzene rings is 1. The molecule has 0 bridgehead atoms. The molecule has 0 unspecified atom stereocenters. The normalized spacial score (nSPS) is 10.3. The number of hydrogen-bond acceptors (Lipinski definition) is 2. The Morgan fingerprint density at radius 2 is 2.18 bits per heavy atom. The number of amides is 1. The molecule has 1 aromatic carbocycles. The lowest BCUT2D eigenvalue weighted by molar-refractivity contribution is 0.0947. The maximum Gasteiger partial charge on any atom is 0.282 e. The third-order valence-electron chi connectivity index (χ3n) is 2.48. The Kier molecular flexibility index (Phi) is 3.17. The number of halogens is 1. The summed E-state index contributed by atoms with van der Waals surface area (Å²) in [5, 5.41) is 0.590. The molecule has 5 heteroatoms. The number of aromatic nitrogens is 1. The van der Waals surface area contributed by atoms with Crippen LogP contribution < -0.4 is 11.3 Å². The van der Waals surface area contributed by atoms with Gasteiger partial charge in [0.25, 0.3) is 5.91 Å². The number of carbonyl (C=O) groups is 1. The predicted molar refractivity (Wildman–Crippen MR) is 67.2 cm³/mol. The van der Waals surface area contributed by atoms with Gasteiger partial charge in [-0.1, -0.05) is 17.7 Å². The predicted octanol–water partition coefficient (Wildman–Crippen LogP) is 2.04. The van der Waals surface area contributed by atoms with E-state index in [9.17, 15) is 4.79 Å². The molecule has 2 rings (SSSR count). The molecule has 1 amide bonds. The number of nitrogens with two attached hydrogens (primary N) is 1. The molecule has 0 spiro atoms. The van der Waals surface area contributed by atoms with Crippen molar-refractivity contribution >= 4 is 17.5 Å². The lowest BCUT2D eigenvalue weighted by Gasteiger charge is -2.10. The lowest BCUT2D eigenvalue weighted by atomic mass is 10.2. The zero-order valence-corrected chi connectivity index (χ0v) is 10.0. The average molecular weight is 250 g/mol. The number of hydrazine groups is 1. The molecule has 0 aliphatic carbocycles. The third-order valence-corrected chi connectivity index (χ3v) is 2.78. The fourth-order valence-corrected chi connectivity index (χ4v) is 1.98. The van der Waals surface area contributed by atoms with Crippen LogP contribution in [0.2, 0.25) is 5.02 Å². The van der Waals surface area contributed by atoms with Gasteiger partial charge >= 0.3 is 0 Å². The van der Waals surface area contributed by atoms with Gasteiger partial charge in [-0.3, -0.25) is 10.2 Å². The molecule has 0 atom stereocenters. The second-order valence-corrected chi connectivity index (χ2v) is 4.10. The molecule has 17 heavy (non-hydrogen) atoms. The number of aryl methyl sites for hydroxylation is 1. The quantitative estimate of drug-likeness (QED) is 0.486. The van der Waals surface area contributed by atoms with Crippen molar-refractivity contribution in [2.45, 2.75) is 6.92 Å². The van der Waals surface area contributed by atoms with E-state index in [1.54, 1.807) is 22.9 Å². The summed E-state index contributed by atoms with van der Waals surface area (Å²) in [7, 11) is 0. The third kappa shape index (κ3) is 2.18. The molecule has 0 fully saturated rings. The first-order chi connectivity index (χ1) is 8.13. The monoisotopic (exact) mass is 249 g/mol. The van der Waals surface area contributed by atoms with Gasteiger partial charge in [-0.25, -0.2) is 5.84 Å². The summed E-state index contributed by atoms with van der Waals surface area (Å²) in [5.74, 6) is 4.77. The van der Waals surface area contributed by atoms with Crippen molar-refractivity contribution < 1.29 is 4.79 Å². The molecular weight excluding hydrogens is 238 g/mol. The van der Waals surface area contributed by atoms with Crippen LogP contribution >= 0.6 is 11.6 Å². The van der Waals surface area contributed by atoms with Crippen LogP contribution in [0.1, 0.15) is 16.1 Å². The molecule has 0 aliphatic rings. The van der Waals surface area contributed by atoms with Gasteiger partial charge in [0.1, 0.15) is 5.69 Å². The maximum absolute atomic E-state index is 11.5. The molecule has 88 valence electrons. The smallest absolute Gasteiger partial charge is 0.282 e. The Hall–Kier alpha value is -1.78. The first kappa shape index (κ1) is 11.7. The van der Waals surface area contributed by atoms with Crippen LogP contribution in [-0.2, 0) is 0 Å². The Morgan fingerprint density at radius 3 is 2.82 bits per heavy atom. The fraction of sp³-hybridized carbons (Fsp3) is 0.0833. The van der Waals surface area contributed by atoms with Crippen LogP contribution in [-0.4, -0.2) is 10.5 Å². The van der Waals surface area contributed by atoms with Crippen LogP contribution in [0, 0.1) is 6.92 Å². The lowest BCUT2D eigenvalue weighted by Crippen LogP contribution is -2.31. The Morgan fingerprint density at radius 1 is 1.41 bits per heavy atom. The summed E-state index contributed by atoms with van der Waals surface area (Å²) in [5.41, 5.74) is 4.36. The van der Waals surface area contributed by atoms with E-state index in [1.807, 2.05) is 25.1 Å². The van der Waals surface area contributed by atoms with E-state index >= 15 is 0 Å². The van der Waals surface area contributed by atoms with Crippen molar-refractivity contribution in [2.24, 2.45) is 5.84 Å². The highest BCUT2D eigenvalue weighted by molar-refractivity contribution is 6.32. The van der Waals surface area contributed by atoms with E-state index in [1.165, 1.54) is 0 Å². The highest BCUT2D eigenvalue weighted by Gasteiger charge is 2.12. The fourth-order valence-electron chi connectivity index (χ4n) is 1.66. The maximum atomic E-state index is 11.5. The molecule has 1 aromatic heterocycles. The van der Waals surface area contributed by atoms with Crippen LogP contribution in [0.3, 0.4) is 0 Å². The Labute approximate surface area is 104 Å². The topological polar surface area (TPSA) is 60.0 Å². The van der Waals surface area contributed by atoms with Gasteiger partial charge in [-0.15, -0.1) is 0 Å². The van der Waals surface area contributed by atoms with Crippen molar-refractivity contribution in [2.75, 3.05) is 0 Å². The van der Waals surface area contributed by atoms with Crippen molar-refractivity contribution in [3.63, 3.8) is 0 Å². The van der Waals surface area contributed by atoms with Crippen LogP contribution in [0.15, 0.2) is 36.5 Å². The van der Waals surface area contributed by atoms with Gasteiger partial charge in [0.05, 0.1) is 10.7 Å². The molecule has 1 heterocycles. The summed E-state index contributed by atoms with van der Waals surface area (Å²) in [6.45, 7) is 1.96. The Bertz CT molecular complexity index is 563. The summed E-state index contributed by atoms with van der Waals surface area (Å²) in [4.78, 5) is 11.5. The van der Waals surface area contributed by atoms with E-state index in [-0.39, 0.29) is 5.91 Å². The van der Waals surface area contributed by atoms with E-state index < -0.39 is 0 Å². The molecule has 0 saturated heterocycles. The van der Waals surface area contributed by atoms with Gasteiger partial charge in [-0.2, -0.15) is 0 Å². The largest absolute Gasteiger partial charge is 0.311 e. The second-order valence-electron chi connectivity index (χ2n) is 3.69. The first-order valence-corrected chi connectivity index (χ1v) is 5.46. The number of rotatable bonds is 2. The van der Waals surface area contributed by atoms with E-state index in [0.717, 1.165) is 11.3 Å². The van der Waals surface area contributed by atoms with Crippen molar-refractivity contribution in [3.05, 3.63) is 52.8 Å². The zero-order chi connectivity index (χ0) is 12.4. The molecular formula is C12H12ClN3O. The van der Waals surface area contributed by atoms with Crippen molar-refractivity contribution in [1.29, 1.82) is 0 Å². The minimum atomic E-state index is -0.355. The van der Waals surface area contributed by atoms with E-state index in [2.05, 4.69) is 5.43 Å². The summed E-state index contributed by atoms with van der Waals surface area (Å²) >= 11 is 6.16.